The predicted molar refractivity (Wildman–Crippen MR) is 74.5 cm³/mol. The molecule has 96 valence electrons. The average Bonchev–Trinajstić information content (AvgIpc) is 2.38. The van der Waals surface area contributed by atoms with Crippen molar-refractivity contribution in [1.82, 2.24) is 4.98 Å². The molecule has 0 bridgehead atoms. The SMILES string of the molecule is CCCCc1c(C)c(=O)[nH]c2cccc(OC)c12. The van der Waals surface area contributed by atoms with Crippen LogP contribution in [-0.4, -0.2) is 12.1 Å². The number of H-pyrrole nitrogens is 1. The van der Waals surface area contributed by atoms with Gasteiger partial charge in [0.25, 0.3) is 5.56 Å². The van der Waals surface area contributed by atoms with E-state index in [2.05, 4.69) is 11.9 Å². The van der Waals surface area contributed by atoms with E-state index in [0.717, 1.165) is 47.0 Å². The number of hydrogen-bond donors (Lipinski definition) is 1. The van der Waals surface area contributed by atoms with Crippen molar-refractivity contribution < 1.29 is 4.74 Å². The Morgan fingerprint density at radius 3 is 2.78 bits per heavy atom. The summed E-state index contributed by atoms with van der Waals surface area (Å²) in [5.74, 6) is 0.831. The highest BCUT2D eigenvalue weighted by Crippen LogP contribution is 2.29. The number of nitrogens with one attached hydrogen (secondary N) is 1. The Bertz CT molecular complexity index is 614. The van der Waals surface area contributed by atoms with E-state index in [0.29, 0.717) is 0 Å². The second-order valence-electron chi connectivity index (χ2n) is 4.54. The molecule has 2 rings (SSSR count). The molecule has 3 heteroatoms. The largest absolute Gasteiger partial charge is 0.496 e. The highest BCUT2D eigenvalue weighted by atomic mass is 16.5. The van der Waals surface area contributed by atoms with Gasteiger partial charge in [0.15, 0.2) is 0 Å². The van der Waals surface area contributed by atoms with E-state index in [4.69, 9.17) is 4.74 Å². The van der Waals surface area contributed by atoms with Crippen LogP contribution in [0.5, 0.6) is 5.75 Å². The summed E-state index contributed by atoms with van der Waals surface area (Å²) in [6, 6.07) is 5.76. The number of fused-ring (bicyclic) bond motifs is 1. The van der Waals surface area contributed by atoms with Crippen molar-refractivity contribution in [2.75, 3.05) is 7.11 Å². The molecule has 0 atom stereocenters. The molecule has 1 heterocycles. The molecule has 1 N–H and O–H groups in total. The Kier molecular flexibility index (Phi) is 3.70. The van der Waals surface area contributed by atoms with Gasteiger partial charge in [-0.25, -0.2) is 0 Å². The molecule has 18 heavy (non-hydrogen) atoms. The van der Waals surface area contributed by atoms with Crippen molar-refractivity contribution in [3.63, 3.8) is 0 Å². The third kappa shape index (κ3) is 2.13. The molecule has 0 aliphatic rings. The zero-order valence-corrected chi connectivity index (χ0v) is 11.2. The fourth-order valence-electron chi connectivity index (χ4n) is 2.32. The Morgan fingerprint density at radius 1 is 1.33 bits per heavy atom. The van der Waals surface area contributed by atoms with E-state index in [1.54, 1.807) is 7.11 Å². The Labute approximate surface area is 107 Å². The van der Waals surface area contributed by atoms with Crippen LogP contribution in [0.2, 0.25) is 0 Å². The summed E-state index contributed by atoms with van der Waals surface area (Å²) in [4.78, 5) is 14.8. The number of aromatic nitrogens is 1. The first-order valence-corrected chi connectivity index (χ1v) is 6.37. The molecule has 1 aromatic carbocycles. The number of ether oxygens (including phenoxy) is 1. The fourth-order valence-corrected chi connectivity index (χ4v) is 2.32. The van der Waals surface area contributed by atoms with Gasteiger partial charge in [-0.2, -0.15) is 0 Å². The number of aryl methyl sites for hydroxylation is 1. The molecule has 2 aromatic rings. The number of pyridine rings is 1. The predicted octanol–water partition coefficient (Wildman–Crippen LogP) is 3.19. The van der Waals surface area contributed by atoms with Gasteiger partial charge in [-0.3, -0.25) is 4.79 Å². The molecule has 1 aromatic heterocycles. The second kappa shape index (κ2) is 5.25. The minimum atomic E-state index is 0.00172. The topological polar surface area (TPSA) is 42.1 Å². The molecule has 0 spiro atoms. The van der Waals surface area contributed by atoms with Crippen LogP contribution in [0.25, 0.3) is 10.9 Å². The van der Waals surface area contributed by atoms with Crippen LogP contribution < -0.4 is 10.3 Å². The molecular weight excluding hydrogens is 226 g/mol. The zero-order valence-electron chi connectivity index (χ0n) is 11.2. The van der Waals surface area contributed by atoms with Crippen LogP contribution in [-0.2, 0) is 6.42 Å². The normalized spacial score (nSPS) is 10.8. The lowest BCUT2D eigenvalue weighted by Crippen LogP contribution is -2.13. The molecule has 0 saturated carbocycles. The average molecular weight is 245 g/mol. The van der Waals surface area contributed by atoms with E-state index in [-0.39, 0.29) is 5.56 Å². The lowest BCUT2D eigenvalue weighted by Gasteiger charge is -2.12. The number of rotatable bonds is 4. The number of aromatic amines is 1. The lowest BCUT2D eigenvalue weighted by molar-refractivity contribution is 0.419. The van der Waals surface area contributed by atoms with Gasteiger partial charge in [-0.15, -0.1) is 0 Å². The van der Waals surface area contributed by atoms with Gasteiger partial charge in [0.2, 0.25) is 0 Å². The van der Waals surface area contributed by atoms with Crippen molar-refractivity contribution in [2.24, 2.45) is 0 Å². The Hall–Kier alpha value is -1.77. The van der Waals surface area contributed by atoms with Gasteiger partial charge in [-0.1, -0.05) is 19.4 Å². The number of benzene rings is 1. The molecule has 0 unspecified atom stereocenters. The first-order valence-electron chi connectivity index (χ1n) is 6.37. The Morgan fingerprint density at radius 2 is 2.11 bits per heavy atom. The molecule has 0 fully saturated rings. The molecule has 0 aliphatic carbocycles. The van der Waals surface area contributed by atoms with Crippen LogP contribution in [0.15, 0.2) is 23.0 Å². The van der Waals surface area contributed by atoms with Gasteiger partial charge in [0.1, 0.15) is 5.75 Å². The maximum Gasteiger partial charge on any atom is 0.251 e. The van der Waals surface area contributed by atoms with Gasteiger partial charge in [-0.05, 0) is 37.5 Å². The summed E-state index contributed by atoms with van der Waals surface area (Å²) in [5, 5.41) is 1.05. The van der Waals surface area contributed by atoms with Crippen LogP contribution >= 0.6 is 0 Å². The second-order valence-corrected chi connectivity index (χ2v) is 4.54. The summed E-state index contributed by atoms with van der Waals surface area (Å²) in [6.45, 7) is 4.04. The lowest BCUT2D eigenvalue weighted by atomic mass is 9.98. The zero-order chi connectivity index (χ0) is 13.1. The summed E-state index contributed by atoms with van der Waals surface area (Å²) >= 11 is 0. The first kappa shape index (κ1) is 12.7. The van der Waals surface area contributed by atoms with Crippen LogP contribution in [0.1, 0.15) is 30.9 Å². The van der Waals surface area contributed by atoms with Crippen molar-refractivity contribution in [3.05, 3.63) is 39.7 Å². The highest BCUT2D eigenvalue weighted by Gasteiger charge is 2.12. The quantitative estimate of drug-likeness (QED) is 0.898. The third-order valence-corrected chi connectivity index (χ3v) is 3.37. The van der Waals surface area contributed by atoms with Gasteiger partial charge >= 0.3 is 0 Å². The first-order chi connectivity index (χ1) is 8.69. The molecule has 0 aliphatic heterocycles. The fraction of sp³-hybridized carbons (Fsp3) is 0.400. The minimum absolute atomic E-state index is 0.00172. The van der Waals surface area contributed by atoms with Crippen molar-refractivity contribution in [3.8, 4) is 5.75 Å². The van der Waals surface area contributed by atoms with E-state index in [1.807, 2.05) is 25.1 Å². The smallest absolute Gasteiger partial charge is 0.251 e. The molecule has 3 nitrogen and oxygen atoms in total. The van der Waals surface area contributed by atoms with Crippen molar-refractivity contribution in [1.29, 1.82) is 0 Å². The minimum Gasteiger partial charge on any atom is -0.496 e. The summed E-state index contributed by atoms with van der Waals surface area (Å²) in [5.41, 5.74) is 2.78. The Balaban J connectivity index is 2.76. The molecule has 0 saturated heterocycles. The third-order valence-electron chi connectivity index (χ3n) is 3.37. The van der Waals surface area contributed by atoms with Gasteiger partial charge < -0.3 is 9.72 Å². The maximum absolute atomic E-state index is 11.9. The molecular formula is C15H19NO2. The van der Waals surface area contributed by atoms with Crippen LogP contribution in [0.4, 0.5) is 0 Å². The van der Waals surface area contributed by atoms with E-state index < -0.39 is 0 Å². The van der Waals surface area contributed by atoms with Crippen LogP contribution in [0, 0.1) is 6.92 Å². The van der Waals surface area contributed by atoms with Gasteiger partial charge in [0.05, 0.1) is 12.6 Å². The number of unbranched alkanes of at least 4 members (excludes halogenated alkanes) is 1. The number of hydrogen-bond acceptors (Lipinski definition) is 2. The highest BCUT2D eigenvalue weighted by molar-refractivity contribution is 5.89. The molecule has 0 amide bonds. The van der Waals surface area contributed by atoms with Crippen molar-refractivity contribution >= 4 is 10.9 Å². The summed E-state index contributed by atoms with van der Waals surface area (Å²) in [6.07, 6.45) is 3.11. The summed E-state index contributed by atoms with van der Waals surface area (Å²) in [7, 11) is 1.67. The summed E-state index contributed by atoms with van der Waals surface area (Å²) < 4.78 is 5.42. The van der Waals surface area contributed by atoms with Gasteiger partial charge in [0, 0.05) is 10.9 Å². The molecule has 0 radical (unpaired) electrons. The van der Waals surface area contributed by atoms with Crippen LogP contribution in [0.3, 0.4) is 0 Å². The monoisotopic (exact) mass is 245 g/mol. The standard InChI is InChI=1S/C15H19NO2/c1-4-5-7-11-10(2)15(17)16-12-8-6-9-13(18-3)14(11)12/h6,8-9H,4-5,7H2,1-3H3,(H,16,17). The van der Waals surface area contributed by atoms with E-state index in [9.17, 15) is 4.79 Å². The van der Waals surface area contributed by atoms with E-state index in [1.165, 1.54) is 0 Å². The van der Waals surface area contributed by atoms with E-state index >= 15 is 0 Å². The number of methoxy groups -OCH3 is 1. The van der Waals surface area contributed by atoms with Crippen molar-refractivity contribution in [2.45, 2.75) is 33.1 Å². The maximum atomic E-state index is 11.9.